The molecule has 1 saturated carbocycles. The predicted molar refractivity (Wildman–Crippen MR) is 128 cm³/mol. The fraction of sp³-hybridized carbons (Fsp3) is 0.296. The van der Waals surface area contributed by atoms with Crippen molar-refractivity contribution in [1.29, 1.82) is 0 Å². The molecule has 2 aliphatic heterocycles. The zero-order valence-corrected chi connectivity index (χ0v) is 18.4. The molecule has 4 atom stereocenters. The van der Waals surface area contributed by atoms with Gasteiger partial charge in [0.15, 0.2) is 0 Å². The monoisotopic (exact) mass is 426 g/mol. The van der Waals surface area contributed by atoms with Gasteiger partial charge >= 0.3 is 0 Å². The van der Waals surface area contributed by atoms with E-state index >= 15 is 0 Å². The minimum Gasteiger partial charge on any atom is -0.477 e. The molecule has 0 radical (unpaired) electrons. The first-order chi connectivity index (χ1) is 15.4. The second kappa shape index (κ2) is 8.22. The molecule has 1 saturated heterocycles. The highest BCUT2D eigenvalue weighted by atomic mass is 31.1. The van der Waals surface area contributed by atoms with Gasteiger partial charge in [0.1, 0.15) is 12.6 Å². The Morgan fingerprint density at radius 1 is 0.774 bits per heavy atom. The number of nitrogens with zero attached hydrogens (tertiary/aromatic N) is 2. The summed E-state index contributed by atoms with van der Waals surface area (Å²) in [6, 6.07) is 33.7. The van der Waals surface area contributed by atoms with E-state index in [2.05, 4.69) is 95.7 Å². The molecule has 3 nitrogen and oxygen atoms in total. The van der Waals surface area contributed by atoms with E-state index in [0.717, 1.165) is 5.90 Å². The number of piperidine rings is 1. The third kappa shape index (κ3) is 3.50. The second-order valence-electron chi connectivity index (χ2n) is 8.74. The first-order valence-corrected chi connectivity index (χ1v) is 12.6. The van der Waals surface area contributed by atoms with Crippen molar-refractivity contribution >= 4 is 24.6 Å². The summed E-state index contributed by atoms with van der Waals surface area (Å²) in [4.78, 5) is 5.14. The summed E-state index contributed by atoms with van der Waals surface area (Å²) in [6.45, 7) is 0.662. The molecule has 2 fully saturated rings. The molecule has 0 unspecified atom stereocenters. The highest BCUT2D eigenvalue weighted by Gasteiger charge is 2.52. The lowest BCUT2D eigenvalue weighted by molar-refractivity contribution is 0.249. The Hall–Kier alpha value is -2.48. The standard InChI is InChI=1S/C27H27N2OP/c1-4-10-20(11-5-1)25-19-30-27(28-25)26-21-16-17-22(18-21)29(26)31(23-12-6-2-7-13-23)24-14-8-3-9-15-24/h1-15,21-22,25-26H,16-19H2/t21-,22+,25+,26-/m1/s1. The van der Waals surface area contributed by atoms with Crippen molar-refractivity contribution in [2.45, 2.75) is 37.4 Å². The Morgan fingerprint density at radius 3 is 2.03 bits per heavy atom. The van der Waals surface area contributed by atoms with Crippen molar-refractivity contribution in [3.05, 3.63) is 96.6 Å². The second-order valence-corrected chi connectivity index (χ2v) is 10.9. The number of rotatable bonds is 5. The first kappa shape index (κ1) is 19.2. The zero-order chi connectivity index (χ0) is 20.6. The van der Waals surface area contributed by atoms with Crippen LogP contribution in [0.3, 0.4) is 0 Å². The largest absolute Gasteiger partial charge is 0.477 e. The zero-order valence-electron chi connectivity index (χ0n) is 17.5. The van der Waals surface area contributed by atoms with Crippen LogP contribution in [0.4, 0.5) is 0 Å². The van der Waals surface area contributed by atoms with E-state index in [1.54, 1.807) is 0 Å². The van der Waals surface area contributed by atoms with Crippen LogP contribution in [0.25, 0.3) is 0 Å². The van der Waals surface area contributed by atoms with Crippen molar-refractivity contribution in [1.82, 2.24) is 4.67 Å². The quantitative estimate of drug-likeness (QED) is 0.533. The van der Waals surface area contributed by atoms with Gasteiger partial charge in [-0.2, -0.15) is 0 Å². The van der Waals surface area contributed by atoms with E-state index in [9.17, 15) is 0 Å². The van der Waals surface area contributed by atoms with Crippen LogP contribution in [-0.4, -0.2) is 29.3 Å². The highest BCUT2D eigenvalue weighted by Crippen LogP contribution is 2.55. The minimum absolute atomic E-state index is 0.122. The Morgan fingerprint density at radius 2 is 1.39 bits per heavy atom. The smallest absolute Gasteiger partial charge is 0.202 e. The molecule has 31 heavy (non-hydrogen) atoms. The Bertz CT molecular complexity index is 1020. The topological polar surface area (TPSA) is 24.8 Å². The van der Waals surface area contributed by atoms with Gasteiger partial charge in [0.2, 0.25) is 5.90 Å². The van der Waals surface area contributed by atoms with Crippen LogP contribution in [0.2, 0.25) is 0 Å². The third-order valence-electron chi connectivity index (χ3n) is 6.89. The number of benzene rings is 3. The summed E-state index contributed by atoms with van der Waals surface area (Å²) in [5, 5.41) is 2.83. The number of aliphatic imine (C=N–C) groups is 1. The molecular formula is C27H27N2OP. The van der Waals surface area contributed by atoms with Gasteiger partial charge in [0, 0.05) is 14.1 Å². The van der Waals surface area contributed by atoms with E-state index in [0.29, 0.717) is 24.6 Å². The maximum absolute atomic E-state index is 6.33. The van der Waals surface area contributed by atoms with Gasteiger partial charge in [0.25, 0.3) is 0 Å². The molecule has 1 aliphatic carbocycles. The first-order valence-electron chi connectivity index (χ1n) is 11.3. The molecular weight excluding hydrogens is 399 g/mol. The van der Waals surface area contributed by atoms with Crippen LogP contribution in [0, 0.1) is 5.92 Å². The number of hydrogen-bond acceptors (Lipinski definition) is 3. The van der Waals surface area contributed by atoms with Gasteiger partial charge in [-0.25, -0.2) is 4.99 Å². The molecule has 6 rings (SSSR count). The third-order valence-corrected chi connectivity index (χ3v) is 9.50. The van der Waals surface area contributed by atoms with Gasteiger partial charge in [-0.05, 0) is 41.4 Å². The molecule has 0 spiro atoms. The fourth-order valence-electron chi connectivity index (χ4n) is 5.52. The van der Waals surface area contributed by atoms with Crippen LogP contribution in [0.5, 0.6) is 0 Å². The average molecular weight is 426 g/mol. The number of ether oxygens (including phenoxy) is 1. The summed E-state index contributed by atoms with van der Waals surface area (Å²) < 4.78 is 9.12. The SMILES string of the molecule is c1ccc([C@@H]2COC([C@H]3[C@@H]4CC[C@@H](C4)N3P(c3ccccc3)c3ccccc3)=N2)cc1. The molecule has 2 bridgehead atoms. The normalized spacial score (nSPS) is 27.5. The summed E-state index contributed by atoms with van der Waals surface area (Å²) in [5.74, 6) is 1.62. The van der Waals surface area contributed by atoms with Gasteiger partial charge in [-0.15, -0.1) is 0 Å². The summed E-state index contributed by atoms with van der Waals surface area (Å²) >= 11 is 0. The molecule has 0 N–H and O–H groups in total. The molecule has 3 aromatic carbocycles. The highest BCUT2D eigenvalue weighted by molar-refractivity contribution is 7.70. The van der Waals surface area contributed by atoms with Crippen molar-refractivity contribution in [2.24, 2.45) is 10.9 Å². The maximum atomic E-state index is 6.33. The molecule has 4 heteroatoms. The van der Waals surface area contributed by atoms with E-state index in [4.69, 9.17) is 9.73 Å². The van der Waals surface area contributed by atoms with Crippen LogP contribution in [0.1, 0.15) is 30.9 Å². The van der Waals surface area contributed by atoms with Crippen LogP contribution < -0.4 is 10.6 Å². The van der Waals surface area contributed by atoms with E-state index in [1.165, 1.54) is 35.4 Å². The van der Waals surface area contributed by atoms with Crippen molar-refractivity contribution in [2.75, 3.05) is 6.61 Å². The van der Waals surface area contributed by atoms with Crippen LogP contribution in [-0.2, 0) is 4.74 Å². The summed E-state index contributed by atoms with van der Waals surface area (Å²) in [6.07, 6.45) is 3.84. The lowest BCUT2D eigenvalue weighted by Gasteiger charge is -2.40. The lowest BCUT2D eigenvalue weighted by atomic mass is 10.00. The molecule has 3 aromatic rings. The molecule has 0 aromatic heterocycles. The fourth-order valence-corrected chi connectivity index (χ4v) is 8.33. The van der Waals surface area contributed by atoms with Crippen molar-refractivity contribution in [3.63, 3.8) is 0 Å². The molecule has 3 aliphatic rings. The summed E-state index contributed by atoms with van der Waals surface area (Å²) in [5.41, 5.74) is 1.25. The Balaban J connectivity index is 1.40. The van der Waals surface area contributed by atoms with Gasteiger partial charge < -0.3 is 4.74 Å². The minimum atomic E-state index is -0.618. The molecule has 0 amide bonds. The van der Waals surface area contributed by atoms with Gasteiger partial charge in [-0.3, -0.25) is 4.67 Å². The van der Waals surface area contributed by atoms with Crippen LogP contribution >= 0.6 is 8.07 Å². The predicted octanol–water partition coefficient (Wildman–Crippen LogP) is 5.06. The van der Waals surface area contributed by atoms with Crippen LogP contribution in [0.15, 0.2) is 96.0 Å². The average Bonchev–Trinajstić information content (AvgIpc) is 3.58. The van der Waals surface area contributed by atoms with Crippen molar-refractivity contribution in [3.8, 4) is 0 Å². The van der Waals surface area contributed by atoms with E-state index in [-0.39, 0.29) is 6.04 Å². The maximum Gasteiger partial charge on any atom is 0.202 e. The number of hydrogen-bond donors (Lipinski definition) is 0. The van der Waals surface area contributed by atoms with Gasteiger partial charge in [0.05, 0.1) is 6.04 Å². The van der Waals surface area contributed by atoms with Gasteiger partial charge in [-0.1, -0.05) is 91.0 Å². The lowest BCUT2D eigenvalue weighted by Crippen LogP contribution is -2.46. The Labute approximate surface area is 185 Å². The summed E-state index contributed by atoms with van der Waals surface area (Å²) in [7, 11) is -0.618. The van der Waals surface area contributed by atoms with E-state index < -0.39 is 8.07 Å². The Kier molecular flexibility index (Phi) is 5.10. The van der Waals surface area contributed by atoms with Crippen molar-refractivity contribution < 1.29 is 4.74 Å². The number of fused-ring (bicyclic) bond motifs is 2. The molecule has 156 valence electrons. The van der Waals surface area contributed by atoms with E-state index in [1.807, 2.05) is 0 Å². The molecule has 2 heterocycles.